The highest BCUT2D eigenvalue weighted by molar-refractivity contribution is 5.86. The number of hydrogen-bond donors (Lipinski definition) is 0. The Morgan fingerprint density at radius 3 is 2.59 bits per heavy atom. The Balaban J connectivity index is 2.16. The zero-order valence-electron chi connectivity index (χ0n) is 13.2. The van der Waals surface area contributed by atoms with Gasteiger partial charge >= 0.3 is 5.63 Å². The van der Waals surface area contributed by atoms with Gasteiger partial charge in [-0.1, -0.05) is 0 Å². The van der Waals surface area contributed by atoms with Gasteiger partial charge in [-0.2, -0.15) is 0 Å². The van der Waals surface area contributed by atoms with Crippen LogP contribution in [0.2, 0.25) is 0 Å². The van der Waals surface area contributed by atoms with E-state index in [0.717, 1.165) is 47.8 Å². The van der Waals surface area contributed by atoms with E-state index in [0.29, 0.717) is 11.3 Å². The smallest absolute Gasteiger partial charge is 0.339 e. The Labute approximate surface area is 129 Å². The lowest BCUT2D eigenvalue weighted by Crippen LogP contribution is -2.21. The van der Waals surface area contributed by atoms with E-state index < -0.39 is 6.10 Å². The third-order valence-corrected chi connectivity index (χ3v) is 4.47. The number of fused-ring (bicyclic) bond motifs is 3. The van der Waals surface area contributed by atoms with Crippen LogP contribution in [0.1, 0.15) is 43.4 Å². The minimum atomic E-state index is -0.513. The number of Topliss-reactive ketones (excluding diaryl/α,β-unsaturated/α-hetero) is 1. The molecular weight excluding hydrogens is 280 g/mol. The maximum Gasteiger partial charge on any atom is 0.339 e. The molecule has 3 rings (SSSR count). The van der Waals surface area contributed by atoms with E-state index in [4.69, 9.17) is 9.15 Å². The minimum Gasteiger partial charge on any atom is -0.483 e. The molecule has 1 aliphatic rings. The number of ether oxygens (including phenoxy) is 1. The van der Waals surface area contributed by atoms with Crippen LogP contribution in [-0.4, -0.2) is 11.9 Å². The van der Waals surface area contributed by atoms with Crippen LogP contribution in [-0.2, 0) is 17.6 Å². The number of rotatable bonds is 3. The Hall–Kier alpha value is -2.10. The number of aryl methyl sites for hydroxylation is 2. The van der Waals surface area contributed by atoms with Crippen LogP contribution in [0, 0.1) is 6.92 Å². The van der Waals surface area contributed by atoms with E-state index >= 15 is 0 Å². The summed E-state index contributed by atoms with van der Waals surface area (Å²) < 4.78 is 11.2. The number of carbonyl (C=O) groups excluding carboxylic acids is 1. The van der Waals surface area contributed by atoms with Crippen LogP contribution in [0.25, 0.3) is 11.0 Å². The molecule has 116 valence electrons. The Bertz CT molecular complexity index is 801. The normalized spacial score (nSPS) is 15.4. The first-order chi connectivity index (χ1) is 10.5. The first-order valence-electron chi connectivity index (χ1n) is 7.74. The van der Waals surface area contributed by atoms with Crippen LogP contribution in [0.5, 0.6) is 5.75 Å². The van der Waals surface area contributed by atoms with Crippen molar-refractivity contribution in [2.75, 3.05) is 0 Å². The molecule has 1 atom stereocenters. The molecule has 0 bridgehead atoms. The first kappa shape index (κ1) is 14.8. The van der Waals surface area contributed by atoms with Gasteiger partial charge in [0.2, 0.25) is 0 Å². The summed E-state index contributed by atoms with van der Waals surface area (Å²) in [7, 11) is 0. The summed E-state index contributed by atoms with van der Waals surface area (Å²) in [5, 5.41) is 0.995. The van der Waals surface area contributed by atoms with Gasteiger partial charge in [0.15, 0.2) is 11.9 Å². The van der Waals surface area contributed by atoms with Crippen molar-refractivity contribution in [3.63, 3.8) is 0 Å². The largest absolute Gasteiger partial charge is 0.483 e. The van der Waals surface area contributed by atoms with E-state index in [9.17, 15) is 9.59 Å². The van der Waals surface area contributed by atoms with E-state index in [2.05, 4.69) is 0 Å². The highest BCUT2D eigenvalue weighted by Crippen LogP contribution is 2.32. The van der Waals surface area contributed by atoms with Gasteiger partial charge in [0, 0.05) is 16.5 Å². The SMILES string of the molecule is CC(=O)[C@@H](C)Oc1ccc2c3c(c(=O)oc2c1C)CCCC3. The molecule has 1 aliphatic carbocycles. The van der Waals surface area contributed by atoms with Crippen LogP contribution in [0.3, 0.4) is 0 Å². The summed E-state index contributed by atoms with van der Waals surface area (Å²) in [5.41, 5.74) is 3.06. The standard InChI is InChI=1S/C18H20O4/c1-10-16(21-12(3)11(2)19)9-8-14-13-6-4-5-7-15(13)18(20)22-17(10)14/h8-9,12H,4-7H2,1-3H3/t12-/m1/s1. The third-order valence-electron chi connectivity index (χ3n) is 4.47. The Morgan fingerprint density at radius 2 is 1.91 bits per heavy atom. The monoisotopic (exact) mass is 300 g/mol. The van der Waals surface area contributed by atoms with Crippen molar-refractivity contribution in [1.29, 1.82) is 0 Å². The third kappa shape index (κ3) is 2.43. The molecule has 0 N–H and O–H groups in total. The topological polar surface area (TPSA) is 56.5 Å². The first-order valence-corrected chi connectivity index (χ1v) is 7.74. The number of hydrogen-bond acceptors (Lipinski definition) is 4. The van der Waals surface area contributed by atoms with Gasteiger partial charge in [-0.15, -0.1) is 0 Å². The Morgan fingerprint density at radius 1 is 1.23 bits per heavy atom. The molecule has 0 aliphatic heterocycles. The van der Waals surface area contributed by atoms with Gasteiger partial charge in [-0.25, -0.2) is 4.79 Å². The van der Waals surface area contributed by atoms with Gasteiger partial charge in [0.05, 0.1) is 0 Å². The maximum atomic E-state index is 12.2. The molecule has 4 nitrogen and oxygen atoms in total. The van der Waals surface area contributed by atoms with Crippen LogP contribution in [0.4, 0.5) is 0 Å². The predicted molar refractivity (Wildman–Crippen MR) is 84.6 cm³/mol. The fourth-order valence-electron chi connectivity index (χ4n) is 3.03. The van der Waals surface area contributed by atoms with Gasteiger partial charge in [-0.3, -0.25) is 4.79 Å². The van der Waals surface area contributed by atoms with Gasteiger partial charge in [-0.05, 0) is 64.2 Å². The number of benzene rings is 1. The second kappa shape index (κ2) is 5.59. The number of ketones is 1. The zero-order valence-corrected chi connectivity index (χ0v) is 13.2. The van der Waals surface area contributed by atoms with Crippen molar-refractivity contribution >= 4 is 16.8 Å². The molecule has 1 aromatic carbocycles. The Kier molecular flexibility index (Phi) is 3.77. The van der Waals surface area contributed by atoms with Gasteiger partial charge in [0.25, 0.3) is 0 Å². The van der Waals surface area contributed by atoms with Crippen molar-refractivity contribution in [2.45, 2.75) is 52.6 Å². The molecule has 0 saturated carbocycles. The average Bonchev–Trinajstić information content (AvgIpc) is 2.51. The molecule has 0 spiro atoms. The maximum absolute atomic E-state index is 12.2. The van der Waals surface area contributed by atoms with Gasteiger partial charge in [0.1, 0.15) is 11.3 Å². The average molecular weight is 300 g/mol. The van der Waals surface area contributed by atoms with E-state index in [1.807, 2.05) is 19.1 Å². The molecule has 1 heterocycles. The minimum absolute atomic E-state index is 0.0357. The molecule has 0 unspecified atom stereocenters. The summed E-state index contributed by atoms with van der Waals surface area (Å²) in [6.07, 6.45) is 3.34. The summed E-state index contributed by atoms with van der Waals surface area (Å²) in [4.78, 5) is 23.6. The quantitative estimate of drug-likeness (QED) is 0.816. The van der Waals surface area contributed by atoms with E-state index in [-0.39, 0.29) is 11.4 Å². The molecule has 0 radical (unpaired) electrons. The van der Waals surface area contributed by atoms with E-state index in [1.165, 1.54) is 6.92 Å². The van der Waals surface area contributed by atoms with Crippen LogP contribution >= 0.6 is 0 Å². The summed E-state index contributed by atoms with van der Waals surface area (Å²) >= 11 is 0. The summed E-state index contributed by atoms with van der Waals surface area (Å²) in [6.45, 7) is 5.08. The second-order valence-corrected chi connectivity index (χ2v) is 5.99. The molecule has 0 saturated heterocycles. The lowest BCUT2D eigenvalue weighted by molar-refractivity contribution is -0.122. The van der Waals surface area contributed by atoms with Crippen molar-refractivity contribution in [2.24, 2.45) is 0 Å². The highest BCUT2D eigenvalue weighted by atomic mass is 16.5. The molecule has 0 amide bonds. The lowest BCUT2D eigenvalue weighted by Gasteiger charge is -2.19. The van der Waals surface area contributed by atoms with Crippen LogP contribution < -0.4 is 10.4 Å². The fourth-order valence-corrected chi connectivity index (χ4v) is 3.03. The molecule has 2 aromatic rings. The molecule has 22 heavy (non-hydrogen) atoms. The zero-order chi connectivity index (χ0) is 15.9. The molecule has 4 heteroatoms. The van der Waals surface area contributed by atoms with Gasteiger partial charge < -0.3 is 9.15 Å². The fraction of sp³-hybridized carbons (Fsp3) is 0.444. The molecular formula is C18H20O4. The molecule has 1 aromatic heterocycles. The van der Waals surface area contributed by atoms with Crippen molar-refractivity contribution in [1.82, 2.24) is 0 Å². The van der Waals surface area contributed by atoms with E-state index in [1.54, 1.807) is 6.92 Å². The second-order valence-electron chi connectivity index (χ2n) is 5.99. The predicted octanol–water partition coefficient (Wildman–Crippen LogP) is 3.34. The lowest BCUT2D eigenvalue weighted by atomic mass is 9.90. The summed E-state index contributed by atoms with van der Waals surface area (Å²) in [6, 6.07) is 3.81. The molecule has 0 fully saturated rings. The van der Waals surface area contributed by atoms with Crippen LogP contribution in [0.15, 0.2) is 21.3 Å². The summed E-state index contributed by atoms with van der Waals surface area (Å²) in [5.74, 6) is 0.556. The highest BCUT2D eigenvalue weighted by Gasteiger charge is 2.20. The number of carbonyl (C=O) groups is 1. The van der Waals surface area contributed by atoms with Crippen molar-refractivity contribution < 1.29 is 13.9 Å². The van der Waals surface area contributed by atoms with Crippen molar-refractivity contribution in [3.8, 4) is 5.75 Å². The van der Waals surface area contributed by atoms with Crippen molar-refractivity contribution in [3.05, 3.63) is 39.2 Å².